The van der Waals surface area contributed by atoms with Gasteiger partial charge in [0.2, 0.25) is 0 Å². The molecular weight excluding hydrogens is 188 g/mol. The van der Waals surface area contributed by atoms with Crippen LogP contribution in [0, 0.1) is 6.92 Å². The topological polar surface area (TPSA) is 41.0 Å². The van der Waals surface area contributed by atoms with Gasteiger partial charge >= 0.3 is 0 Å². The van der Waals surface area contributed by atoms with Gasteiger partial charge in [-0.1, -0.05) is 0 Å². The van der Waals surface area contributed by atoms with Gasteiger partial charge in [-0.05, 0) is 20.4 Å². The zero-order valence-electron chi connectivity index (χ0n) is 9.40. The lowest BCUT2D eigenvalue weighted by Gasteiger charge is -2.14. The summed E-state index contributed by atoms with van der Waals surface area (Å²) in [6, 6.07) is 0.642. The number of rotatable bonds is 3. The first-order chi connectivity index (χ1) is 7.28. The molecule has 0 spiro atoms. The molecule has 1 N–H and O–H groups in total. The molecule has 15 heavy (non-hydrogen) atoms. The maximum absolute atomic E-state index is 4.37. The summed E-state index contributed by atoms with van der Waals surface area (Å²) in [5, 5.41) is 3.31. The summed E-state index contributed by atoms with van der Waals surface area (Å²) in [4.78, 5) is 11.0. The monoisotopic (exact) mass is 206 g/mol. The fourth-order valence-corrected chi connectivity index (χ4v) is 1.94. The number of nitrogens with one attached hydrogen (secondary N) is 1. The first kappa shape index (κ1) is 10.5. The Morgan fingerprint density at radius 1 is 1.47 bits per heavy atom. The number of hydrogen-bond donors (Lipinski definition) is 1. The lowest BCUT2D eigenvalue weighted by Crippen LogP contribution is -2.29. The van der Waals surface area contributed by atoms with E-state index in [1.54, 1.807) is 0 Å². The second-order valence-electron chi connectivity index (χ2n) is 4.16. The number of aromatic nitrogens is 2. The highest BCUT2D eigenvalue weighted by Gasteiger charge is 2.20. The Morgan fingerprint density at radius 3 is 2.93 bits per heavy atom. The summed E-state index contributed by atoms with van der Waals surface area (Å²) in [6.07, 6.45) is 4.94. The van der Waals surface area contributed by atoms with Crippen LogP contribution in [0.5, 0.6) is 0 Å². The lowest BCUT2D eigenvalue weighted by atomic mass is 10.3. The van der Waals surface area contributed by atoms with Crippen LogP contribution in [0.1, 0.15) is 17.8 Å². The van der Waals surface area contributed by atoms with Crippen molar-refractivity contribution in [2.75, 3.05) is 20.1 Å². The number of likely N-dealkylation sites (N-methyl/N-ethyl adjacent to an activating group) is 1. The van der Waals surface area contributed by atoms with E-state index < -0.39 is 0 Å². The third kappa shape index (κ3) is 2.73. The van der Waals surface area contributed by atoms with Gasteiger partial charge in [0.05, 0.1) is 11.4 Å². The third-order valence-corrected chi connectivity index (χ3v) is 2.90. The number of likely N-dealkylation sites (tertiary alicyclic amines) is 1. The third-order valence-electron chi connectivity index (χ3n) is 2.90. The lowest BCUT2D eigenvalue weighted by molar-refractivity contribution is 0.318. The summed E-state index contributed by atoms with van der Waals surface area (Å²) >= 11 is 0. The van der Waals surface area contributed by atoms with Crippen LogP contribution >= 0.6 is 0 Å². The van der Waals surface area contributed by atoms with Gasteiger partial charge in [0.15, 0.2) is 0 Å². The molecule has 82 valence electrons. The first-order valence-corrected chi connectivity index (χ1v) is 5.45. The van der Waals surface area contributed by atoms with Crippen LogP contribution in [0.3, 0.4) is 0 Å². The average Bonchev–Trinajstić information content (AvgIpc) is 2.69. The van der Waals surface area contributed by atoms with E-state index in [1.807, 2.05) is 26.4 Å². The molecule has 1 fully saturated rings. The molecule has 1 unspecified atom stereocenters. The van der Waals surface area contributed by atoms with Crippen molar-refractivity contribution in [1.29, 1.82) is 0 Å². The van der Waals surface area contributed by atoms with Gasteiger partial charge in [0.25, 0.3) is 0 Å². The highest BCUT2D eigenvalue weighted by atomic mass is 15.2. The van der Waals surface area contributed by atoms with Gasteiger partial charge in [0.1, 0.15) is 0 Å². The fraction of sp³-hybridized carbons (Fsp3) is 0.636. The molecule has 1 aliphatic heterocycles. The van der Waals surface area contributed by atoms with E-state index in [0.717, 1.165) is 31.0 Å². The molecule has 1 saturated heterocycles. The van der Waals surface area contributed by atoms with Crippen molar-refractivity contribution in [2.24, 2.45) is 0 Å². The molecule has 0 amide bonds. The van der Waals surface area contributed by atoms with Gasteiger partial charge in [-0.15, -0.1) is 0 Å². The zero-order chi connectivity index (χ0) is 10.7. The van der Waals surface area contributed by atoms with Crippen LogP contribution in [-0.2, 0) is 6.54 Å². The van der Waals surface area contributed by atoms with Crippen molar-refractivity contribution >= 4 is 0 Å². The number of aryl methyl sites for hydroxylation is 1. The fourth-order valence-electron chi connectivity index (χ4n) is 1.94. The Balaban J connectivity index is 1.90. The van der Waals surface area contributed by atoms with Crippen molar-refractivity contribution in [3.8, 4) is 0 Å². The molecule has 0 aromatic carbocycles. The molecule has 4 nitrogen and oxygen atoms in total. The quantitative estimate of drug-likeness (QED) is 0.785. The molecular formula is C11H18N4. The van der Waals surface area contributed by atoms with Crippen molar-refractivity contribution < 1.29 is 0 Å². The Hall–Kier alpha value is -1.00. The van der Waals surface area contributed by atoms with E-state index in [9.17, 15) is 0 Å². The van der Waals surface area contributed by atoms with Crippen LogP contribution in [-0.4, -0.2) is 41.0 Å². The van der Waals surface area contributed by atoms with Gasteiger partial charge < -0.3 is 5.32 Å². The summed E-state index contributed by atoms with van der Waals surface area (Å²) in [5.74, 6) is 0. The smallest absolute Gasteiger partial charge is 0.0727 e. The number of nitrogens with zero attached hydrogens (tertiary/aromatic N) is 3. The molecule has 0 aliphatic carbocycles. The van der Waals surface area contributed by atoms with E-state index in [1.165, 1.54) is 6.42 Å². The molecule has 1 aromatic heterocycles. The van der Waals surface area contributed by atoms with E-state index in [0.29, 0.717) is 6.04 Å². The molecule has 2 heterocycles. The molecule has 1 aliphatic rings. The van der Waals surface area contributed by atoms with E-state index >= 15 is 0 Å². The average molecular weight is 206 g/mol. The summed E-state index contributed by atoms with van der Waals surface area (Å²) in [5.41, 5.74) is 2.05. The molecule has 0 radical (unpaired) electrons. The van der Waals surface area contributed by atoms with Crippen LogP contribution in [0.2, 0.25) is 0 Å². The van der Waals surface area contributed by atoms with Gasteiger partial charge in [-0.3, -0.25) is 14.9 Å². The minimum absolute atomic E-state index is 0.642. The maximum atomic E-state index is 4.37. The van der Waals surface area contributed by atoms with Gasteiger partial charge in [-0.25, -0.2) is 0 Å². The van der Waals surface area contributed by atoms with Crippen molar-refractivity contribution in [2.45, 2.75) is 25.9 Å². The molecule has 2 rings (SSSR count). The predicted molar refractivity (Wildman–Crippen MR) is 59.5 cm³/mol. The SMILES string of the molecule is CNC1CCN(Cc2cnc(C)cn2)C1. The number of hydrogen-bond acceptors (Lipinski definition) is 4. The van der Waals surface area contributed by atoms with Crippen molar-refractivity contribution in [1.82, 2.24) is 20.2 Å². The largest absolute Gasteiger partial charge is 0.316 e. The zero-order valence-corrected chi connectivity index (χ0v) is 9.40. The van der Waals surface area contributed by atoms with Crippen LogP contribution in [0.25, 0.3) is 0 Å². The molecule has 4 heteroatoms. The van der Waals surface area contributed by atoms with E-state index in [4.69, 9.17) is 0 Å². The predicted octanol–water partition coefficient (Wildman–Crippen LogP) is 0.579. The van der Waals surface area contributed by atoms with Crippen LogP contribution < -0.4 is 5.32 Å². The Bertz CT molecular complexity index is 309. The van der Waals surface area contributed by atoms with Crippen molar-refractivity contribution in [3.63, 3.8) is 0 Å². The maximum Gasteiger partial charge on any atom is 0.0727 e. The Kier molecular flexibility index (Phi) is 3.28. The highest BCUT2D eigenvalue weighted by molar-refractivity contribution is 5.01. The summed E-state index contributed by atoms with van der Waals surface area (Å²) < 4.78 is 0. The minimum Gasteiger partial charge on any atom is -0.316 e. The van der Waals surface area contributed by atoms with E-state index in [-0.39, 0.29) is 0 Å². The molecule has 0 saturated carbocycles. The first-order valence-electron chi connectivity index (χ1n) is 5.45. The summed E-state index contributed by atoms with van der Waals surface area (Å²) in [7, 11) is 2.03. The van der Waals surface area contributed by atoms with Crippen LogP contribution in [0.4, 0.5) is 0 Å². The summed E-state index contributed by atoms with van der Waals surface area (Å²) in [6.45, 7) is 5.16. The second-order valence-corrected chi connectivity index (χ2v) is 4.16. The molecule has 0 bridgehead atoms. The van der Waals surface area contributed by atoms with Gasteiger partial charge in [-0.2, -0.15) is 0 Å². The highest BCUT2D eigenvalue weighted by Crippen LogP contribution is 2.11. The Morgan fingerprint density at radius 2 is 2.33 bits per heavy atom. The molecule has 1 aromatic rings. The standard InChI is InChI=1S/C11H18N4/c1-9-5-14-11(6-13-9)8-15-4-3-10(7-15)12-2/h5-6,10,12H,3-4,7-8H2,1-2H3. The second kappa shape index (κ2) is 4.68. The molecule has 1 atom stereocenters. The van der Waals surface area contributed by atoms with E-state index in [2.05, 4.69) is 20.2 Å². The minimum atomic E-state index is 0.642. The van der Waals surface area contributed by atoms with Crippen molar-refractivity contribution in [3.05, 3.63) is 23.8 Å². The van der Waals surface area contributed by atoms with Gasteiger partial charge in [0, 0.05) is 38.1 Å². The van der Waals surface area contributed by atoms with Crippen LogP contribution in [0.15, 0.2) is 12.4 Å². The Labute approximate surface area is 90.7 Å². The normalized spacial score (nSPS) is 22.1.